The van der Waals surface area contributed by atoms with Gasteiger partial charge in [-0.15, -0.1) is 0 Å². The Balaban J connectivity index is 3.05. The van der Waals surface area contributed by atoms with Crippen LogP contribution in [0.5, 0.6) is 0 Å². The molecule has 0 aromatic carbocycles. The highest BCUT2D eigenvalue weighted by atomic mass is 32.1. The molecule has 0 aliphatic heterocycles. The Morgan fingerprint density at radius 1 is 0.545 bits per heavy atom. The van der Waals surface area contributed by atoms with E-state index in [2.05, 4.69) is 25.3 Å². The molecule has 0 rings (SSSR count). The highest BCUT2D eigenvalue weighted by Gasteiger charge is 1.99. The molecule has 6 heteroatoms. The summed E-state index contributed by atoms with van der Waals surface area (Å²) < 4.78 is 9.91. The SMILES string of the molecule is O=C(CS)OCCCCCCCCCCCCOC(=O)CS. The summed E-state index contributed by atoms with van der Waals surface area (Å²) in [6.45, 7) is 1.05. The first-order valence-corrected chi connectivity index (χ1v) is 9.50. The van der Waals surface area contributed by atoms with Gasteiger partial charge in [-0.3, -0.25) is 9.59 Å². The van der Waals surface area contributed by atoms with E-state index in [4.69, 9.17) is 9.47 Å². The standard InChI is InChI=1S/C16H30O4S2/c17-15(13-21)19-11-9-7-5-3-1-2-4-6-8-10-12-20-16(18)14-22/h21-22H,1-14H2. The predicted molar refractivity (Wildman–Crippen MR) is 95.8 cm³/mol. The van der Waals surface area contributed by atoms with Crippen LogP contribution in [0.3, 0.4) is 0 Å². The van der Waals surface area contributed by atoms with Gasteiger partial charge in [-0.05, 0) is 12.8 Å². The average Bonchev–Trinajstić information content (AvgIpc) is 2.54. The summed E-state index contributed by atoms with van der Waals surface area (Å²) in [7, 11) is 0. The first-order chi connectivity index (χ1) is 10.7. The summed E-state index contributed by atoms with van der Waals surface area (Å²) in [6, 6.07) is 0. The third-order valence-electron chi connectivity index (χ3n) is 3.32. The van der Waals surface area contributed by atoms with Gasteiger partial charge in [-0.25, -0.2) is 0 Å². The van der Waals surface area contributed by atoms with Crippen LogP contribution in [-0.4, -0.2) is 36.7 Å². The Bertz CT molecular complexity index is 257. The molecule has 0 unspecified atom stereocenters. The van der Waals surface area contributed by atoms with Gasteiger partial charge in [0.25, 0.3) is 0 Å². The molecule has 0 N–H and O–H groups in total. The van der Waals surface area contributed by atoms with Crippen molar-refractivity contribution in [3.63, 3.8) is 0 Å². The van der Waals surface area contributed by atoms with Crippen molar-refractivity contribution in [2.24, 2.45) is 0 Å². The van der Waals surface area contributed by atoms with Crippen LogP contribution < -0.4 is 0 Å². The van der Waals surface area contributed by atoms with Gasteiger partial charge < -0.3 is 9.47 Å². The van der Waals surface area contributed by atoms with E-state index in [9.17, 15) is 9.59 Å². The van der Waals surface area contributed by atoms with Crippen LogP contribution in [0.1, 0.15) is 64.2 Å². The molecule has 4 nitrogen and oxygen atoms in total. The van der Waals surface area contributed by atoms with Gasteiger partial charge in [0.2, 0.25) is 0 Å². The second-order valence-corrected chi connectivity index (χ2v) is 5.93. The first kappa shape index (κ1) is 21.6. The summed E-state index contributed by atoms with van der Waals surface area (Å²) in [4.78, 5) is 21.7. The van der Waals surface area contributed by atoms with Crippen LogP contribution in [0.2, 0.25) is 0 Å². The molecule has 0 heterocycles. The Hall–Kier alpha value is -0.360. The average molecular weight is 351 g/mol. The number of hydrogen-bond acceptors (Lipinski definition) is 6. The zero-order valence-electron chi connectivity index (χ0n) is 13.4. The number of esters is 2. The Morgan fingerprint density at radius 3 is 1.09 bits per heavy atom. The molecule has 0 aliphatic carbocycles. The van der Waals surface area contributed by atoms with E-state index in [1.165, 1.54) is 38.5 Å². The van der Waals surface area contributed by atoms with E-state index in [0.717, 1.165) is 25.7 Å². The molecule has 0 radical (unpaired) electrons. The number of carbonyl (C=O) groups is 2. The monoisotopic (exact) mass is 350 g/mol. The van der Waals surface area contributed by atoms with Crippen molar-refractivity contribution in [1.82, 2.24) is 0 Å². The lowest BCUT2D eigenvalue weighted by atomic mass is 10.1. The maximum Gasteiger partial charge on any atom is 0.315 e. The summed E-state index contributed by atoms with van der Waals surface area (Å²) >= 11 is 7.69. The molecule has 0 saturated heterocycles. The van der Waals surface area contributed by atoms with Gasteiger partial charge in [0.1, 0.15) is 0 Å². The van der Waals surface area contributed by atoms with Gasteiger partial charge in [0.05, 0.1) is 24.7 Å². The van der Waals surface area contributed by atoms with E-state index in [1.807, 2.05) is 0 Å². The molecule has 130 valence electrons. The maximum atomic E-state index is 10.8. The molecule has 0 aliphatic rings. The number of unbranched alkanes of at least 4 members (excludes halogenated alkanes) is 9. The molecule has 0 spiro atoms. The third-order valence-corrected chi connectivity index (χ3v) is 3.84. The van der Waals surface area contributed by atoms with E-state index < -0.39 is 0 Å². The fourth-order valence-electron chi connectivity index (χ4n) is 2.08. The van der Waals surface area contributed by atoms with E-state index in [1.54, 1.807) is 0 Å². The van der Waals surface area contributed by atoms with Crippen molar-refractivity contribution in [3.05, 3.63) is 0 Å². The normalized spacial score (nSPS) is 10.5. The lowest BCUT2D eigenvalue weighted by Crippen LogP contribution is -2.06. The molecule has 0 bridgehead atoms. The van der Waals surface area contributed by atoms with Crippen LogP contribution >= 0.6 is 25.3 Å². The number of ether oxygens (including phenoxy) is 2. The van der Waals surface area contributed by atoms with Crippen molar-refractivity contribution in [1.29, 1.82) is 0 Å². The van der Waals surface area contributed by atoms with Crippen LogP contribution in [0.15, 0.2) is 0 Å². The number of carbonyl (C=O) groups excluding carboxylic acids is 2. The smallest absolute Gasteiger partial charge is 0.315 e. The molecule has 0 atom stereocenters. The van der Waals surface area contributed by atoms with Crippen LogP contribution in [-0.2, 0) is 19.1 Å². The summed E-state index contributed by atoms with van der Waals surface area (Å²) in [6.07, 6.45) is 11.6. The predicted octanol–water partition coefficient (Wildman–Crippen LogP) is 3.83. The Morgan fingerprint density at radius 2 is 0.818 bits per heavy atom. The van der Waals surface area contributed by atoms with E-state index in [0.29, 0.717) is 13.2 Å². The lowest BCUT2D eigenvalue weighted by Gasteiger charge is -2.04. The summed E-state index contributed by atoms with van der Waals surface area (Å²) in [5.41, 5.74) is 0. The van der Waals surface area contributed by atoms with Crippen LogP contribution in [0.25, 0.3) is 0 Å². The second-order valence-electron chi connectivity index (χ2n) is 5.29. The van der Waals surface area contributed by atoms with Gasteiger partial charge in [0, 0.05) is 0 Å². The summed E-state index contributed by atoms with van der Waals surface area (Å²) in [5.74, 6) is -0.137. The minimum absolute atomic E-state index is 0.164. The fourth-order valence-corrected chi connectivity index (χ4v) is 2.26. The van der Waals surface area contributed by atoms with E-state index in [-0.39, 0.29) is 23.4 Å². The molecule has 0 aromatic rings. The third kappa shape index (κ3) is 16.0. The minimum Gasteiger partial charge on any atom is -0.465 e. The molecule has 22 heavy (non-hydrogen) atoms. The minimum atomic E-state index is -0.233. The Labute approximate surface area is 145 Å². The van der Waals surface area contributed by atoms with Crippen LogP contribution in [0.4, 0.5) is 0 Å². The zero-order chi connectivity index (χ0) is 16.5. The first-order valence-electron chi connectivity index (χ1n) is 8.23. The van der Waals surface area contributed by atoms with Crippen molar-refractivity contribution >= 4 is 37.2 Å². The summed E-state index contributed by atoms with van der Waals surface area (Å²) in [5, 5.41) is 0. The van der Waals surface area contributed by atoms with Crippen molar-refractivity contribution < 1.29 is 19.1 Å². The molecule has 0 fully saturated rings. The van der Waals surface area contributed by atoms with Crippen LogP contribution in [0, 0.1) is 0 Å². The second kappa shape index (κ2) is 17.0. The van der Waals surface area contributed by atoms with Gasteiger partial charge in [-0.2, -0.15) is 25.3 Å². The lowest BCUT2D eigenvalue weighted by molar-refractivity contribution is -0.141. The number of hydrogen-bond donors (Lipinski definition) is 2. The molecule has 0 aromatic heterocycles. The van der Waals surface area contributed by atoms with Gasteiger partial charge >= 0.3 is 11.9 Å². The van der Waals surface area contributed by atoms with Gasteiger partial charge in [-0.1, -0.05) is 51.4 Å². The topological polar surface area (TPSA) is 52.6 Å². The zero-order valence-corrected chi connectivity index (χ0v) is 15.2. The molecular weight excluding hydrogens is 320 g/mol. The fraction of sp³-hybridized carbons (Fsp3) is 0.875. The van der Waals surface area contributed by atoms with E-state index >= 15 is 0 Å². The number of thiol groups is 2. The highest BCUT2D eigenvalue weighted by molar-refractivity contribution is 7.81. The molecule has 0 amide bonds. The molecular formula is C16H30O4S2. The van der Waals surface area contributed by atoms with Crippen molar-refractivity contribution in [2.75, 3.05) is 24.7 Å². The van der Waals surface area contributed by atoms with Crippen molar-refractivity contribution in [2.45, 2.75) is 64.2 Å². The number of rotatable bonds is 15. The highest BCUT2D eigenvalue weighted by Crippen LogP contribution is 2.10. The largest absolute Gasteiger partial charge is 0.465 e. The molecule has 0 saturated carbocycles. The van der Waals surface area contributed by atoms with Crippen molar-refractivity contribution in [3.8, 4) is 0 Å². The maximum absolute atomic E-state index is 10.8. The van der Waals surface area contributed by atoms with Gasteiger partial charge in [0.15, 0.2) is 0 Å². The Kier molecular flexibility index (Phi) is 16.7. The quantitative estimate of drug-likeness (QED) is 0.268.